The molecule has 1 N–H and O–H groups in total. The molecule has 0 aliphatic heterocycles. The number of rotatable bonds is 7. The molecule has 128 valence electrons. The third-order valence-electron chi connectivity index (χ3n) is 2.95. The molecule has 0 aliphatic rings. The van der Waals surface area contributed by atoms with Crippen LogP contribution in [0, 0.1) is 0 Å². The summed E-state index contributed by atoms with van der Waals surface area (Å²) in [6, 6.07) is 3.00. The molecule has 24 heavy (non-hydrogen) atoms. The zero-order valence-electron chi connectivity index (χ0n) is 13.3. The number of methoxy groups -OCH3 is 1. The van der Waals surface area contributed by atoms with Crippen LogP contribution in [0.3, 0.4) is 0 Å². The Bertz CT molecular complexity index is 783. The van der Waals surface area contributed by atoms with Crippen LogP contribution >= 0.6 is 11.3 Å². The maximum absolute atomic E-state index is 12.0. The maximum Gasteiger partial charge on any atom is 0.325 e. The van der Waals surface area contributed by atoms with Crippen molar-refractivity contribution in [3.8, 4) is 10.9 Å². The summed E-state index contributed by atoms with van der Waals surface area (Å²) < 4.78 is 11.1. The van der Waals surface area contributed by atoms with Crippen LogP contribution < -0.4 is 15.6 Å². The van der Waals surface area contributed by atoms with Gasteiger partial charge in [-0.25, -0.2) is 4.98 Å². The number of pyridine rings is 1. The van der Waals surface area contributed by atoms with Gasteiger partial charge in [0, 0.05) is 17.6 Å². The summed E-state index contributed by atoms with van der Waals surface area (Å²) in [4.78, 5) is 39.2. The molecule has 0 atom stereocenters. The fourth-order valence-electron chi connectivity index (χ4n) is 1.84. The zero-order valence-corrected chi connectivity index (χ0v) is 14.1. The van der Waals surface area contributed by atoms with Crippen LogP contribution in [0.1, 0.15) is 12.6 Å². The highest BCUT2D eigenvalue weighted by Gasteiger charge is 2.11. The van der Waals surface area contributed by atoms with Gasteiger partial charge in [-0.15, -0.1) is 11.3 Å². The van der Waals surface area contributed by atoms with Crippen LogP contribution in [-0.2, 0) is 20.7 Å². The second kappa shape index (κ2) is 8.25. The molecule has 0 saturated carbocycles. The van der Waals surface area contributed by atoms with Gasteiger partial charge in [0.05, 0.1) is 25.8 Å². The molecule has 0 unspecified atom stereocenters. The Hall–Kier alpha value is -2.68. The van der Waals surface area contributed by atoms with E-state index in [-0.39, 0.29) is 31.0 Å². The molecule has 2 heterocycles. The second-order valence-corrected chi connectivity index (χ2v) is 5.49. The molecule has 0 saturated heterocycles. The molecule has 0 aliphatic carbocycles. The van der Waals surface area contributed by atoms with Crippen LogP contribution in [0.15, 0.2) is 28.5 Å². The molecule has 1 amide bonds. The van der Waals surface area contributed by atoms with Crippen LogP contribution in [0.4, 0.5) is 0 Å². The molecule has 0 bridgehead atoms. The Morgan fingerprint density at radius 1 is 1.42 bits per heavy atom. The van der Waals surface area contributed by atoms with Gasteiger partial charge >= 0.3 is 5.97 Å². The molecule has 0 spiro atoms. The molecular formula is C15H17N3O5S. The number of thiazole rings is 1. The fraction of sp³-hybridized carbons (Fsp3) is 0.333. The Morgan fingerprint density at radius 3 is 2.88 bits per heavy atom. The summed E-state index contributed by atoms with van der Waals surface area (Å²) in [5, 5.41) is 4.60. The Morgan fingerprint density at radius 2 is 2.21 bits per heavy atom. The molecular weight excluding hydrogens is 334 g/mol. The number of hydrogen-bond donors (Lipinski definition) is 1. The fourth-order valence-corrected chi connectivity index (χ4v) is 2.66. The van der Waals surface area contributed by atoms with Gasteiger partial charge in [-0.2, -0.15) is 0 Å². The Balaban J connectivity index is 1.99. The van der Waals surface area contributed by atoms with E-state index in [9.17, 15) is 14.4 Å². The van der Waals surface area contributed by atoms with Crippen LogP contribution in [0.2, 0.25) is 0 Å². The van der Waals surface area contributed by atoms with Gasteiger partial charge in [-0.05, 0) is 13.0 Å². The first kappa shape index (κ1) is 17.7. The largest absolute Gasteiger partial charge is 0.497 e. The highest BCUT2D eigenvalue weighted by atomic mass is 32.1. The van der Waals surface area contributed by atoms with E-state index in [4.69, 9.17) is 9.47 Å². The third kappa shape index (κ3) is 4.66. The second-order valence-electron chi connectivity index (χ2n) is 4.65. The minimum absolute atomic E-state index is 0.0147. The number of nitrogens with zero attached hydrogens (tertiary/aromatic N) is 2. The van der Waals surface area contributed by atoms with Gasteiger partial charge in [0.15, 0.2) is 5.13 Å². The monoisotopic (exact) mass is 351 g/mol. The number of hydrogen-bond acceptors (Lipinski definition) is 7. The van der Waals surface area contributed by atoms with Crippen LogP contribution in [-0.4, -0.2) is 41.7 Å². The minimum Gasteiger partial charge on any atom is -0.497 e. The van der Waals surface area contributed by atoms with Crippen molar-refractivity contribution in [2.24, 2.45) is 0 Å². The van der Waals surface area contributed by atoms with E-state index < -0.39 is 5.97 Å². The topological polar surface area (TPSA) is 99.5 Å². The average molecular weight is 351 g/mol. The van der Waals surface area contributed by atoms with Crippen LogP contribution in [0.25, 0.3) is 5.13 Å². The van der Waals surface area contributed by atoms with E-state index in [0.717, 1.165) is 0 Å². The van der Waals surface area contributed by atoms with E-state index >= 15 is 0 Å². The summed E-state index contributed by atoms with van der Waals surface area (Å²) >= 11 is 1.24. The molecule has 2 rings (SSSR count). The van der Waals surface area contributed by atoms with Crippen LogP contribution in [0.5, 0.6) is 5.75 Å². The number of amides is 1. The van der Waals surface area contributed by atoms with Gasteiger partial charge in [-0.1, -0.05) is 0 Å². The van der Waals surface area contributed by atoms with Crippen molar-refractivity contribution in [2.45, 2.75) is 13.3 Å². The summed E-state index contributed by atoms with van der Waals surface area (Å²) in [5.74, 6) is -0.372. The number of carbonyl (C=O) groups is 2. The predicted molar refractivity (Wildman–Crippen MR) is 87.6 cm³/mol. The number of nitrogens with one attached hydrogen (secondary N) is 1. The average Bonchev–Trinajstić information content (AvgIpc) is 3.01. The van der Waals surface area contributed by atoms with E-state index in [1.807, 2.05) is 0 Å². The molecule has 0 radical (unpaired) electrons. The van der Waals surface area contributed by atoms with Crippen molar-refractivity contribution in [2.75, 3.05) is 20.3 Å². The third-order valence-corrected chi connectivity index (χ3v) is 3.84. The smallest absolute Gasteiger partial charge is 0.325 e. The van der Waals surface area contributed by atoms with Gasteiger partial charge in [0.25, 0.3) is 5.56 Å². The number of esters is 1. The summed E-state index contributed by atoms with van der Waals surface area (Å²) in [6.45, 7) is 1.78. The lowest BCUT2D eigenvalue weighted by Crippen LogP contribution is -2.31. The van der Waals surface area contributed by atoms with Gasteiger partial charge < -0.3 is 14.8 Å². The highest BCUT2D eigenvalue weighted by molar-refractivity contribution is 7.12. The van der Waals surface area contributed by atoms with E-state index in [0.29, 0.717) is 16.6 Å². The Kier molecular flexibility index (Phi) is 6.07. The van der Waals surface area contributed by atoms with Crippen molar-refractivity contribution >= 4 is 23.2 Å². The van der Waals surface area contributed by atoms with E-state index in [2.05, 4.69) is 10.3 Å². The van der Waals surface area contributed by atoms with Crippen molar-refractivity contribution < 1.29 is 19.1 Å². The molecule has 0 fully saturated rings. The number of ether oxygens (including phenoxy) is 2. The van der Waals surface area contributed by atoms with Crippen molar-refractivity contribution in [1.82, 2.24) is 14.9 Å². The van der Waals surface area contributed by atoms with E-state index in [1.54, 1.807) is 24.6 Å². The van der Waals surface area contributed by atoms with Crippen molar-refractivity contribution in [3.63, 3.8) is 0 Å². The Labute approximate surface area is 142 Å². The standard InChI is InChI=1S/C15H17N3O5S/c1-3-23-14(21)8-16-12(19)6-10-9-24-15(17-10)18-5-4-11(22-2)7-13(18)20/h4-5,7,9H,3,6,8H2,1-2H3,(H,16,19). The number of aromatic nitrogens is 2. The van der Waals surface area contributed by atoms with E-state index in [1.165, 1.54) is 29.1 Å². The number of carbonyl (C=O) groups excluding carboxylic acids is 2. The lowest BCUT2D eigenvalue weighted by Gasteiger charge is -2.04. The minimum atomic E-state index is -0.491. The lowest BCUT2D eigenvalue weighted by atomic mass is 10.3. The van der Waals surface area contributed by atoms with Gasteiger partial charge in [0.1, 0.15) is 12.3 Å². The first-order chi connectivity index (χ1) is 11.5. The summed E-state index contributed by atoms with van der Waals surface area (Å²) in [6.07, 6.45) is 1.57. The zero-order chi connectivity index (χ0) is 17.5. The molecule has 2 aromatic rings. The molecule has 8 nitrogen and oxygen atoms in total. The first-order valence-electron chi connectivity index (χ1n) is 7.17. The highest BCUT2D eigenvalue weighted by Crippen LogP contribution is 2.15. The predicted octanol–water partition coefficient (Wildman–Crippen LogP) is 0.524. The molecule has 0 aromatic carbocycles. The summed E-state index contributed by atoms with van der Waals surface area (Å²) in [7, 11) is 1.48. The maximum atomic E-state index is 12.0. The van der Waals surface area contributed by atoms with Gasteiger partial charge in [0.2, 0.25) is 5.91 Å². The molecule has 9 heteroatoms. The van der Waals surface area contributed by atoms with Crippen molar-refractivity contribution in [1.29, 1.82) is 0 Å². The normalized spacial score (nSPS) is 10.2. The lowest BCUT2D eigenvalue weighted by molar-refractivity contribution is -0.143. The molecule has 2 aromatic heterocycles. The van der Waals surface area contributed by atoms with Gasteiger partial charge in [-0.3, -0.25) is 19.0 Å². The SMILES string of the molecule is CCOC(=O)CNC(=O)Cc1csc(-n2ccc(OC)cc2=O)n1. The summed E-state index contributed by atoms with van der Waals surface area (Å²) in [5.41, 5.74) is 0.237. The first-order valence-corrected chi connectivity index (χ1v) is 8.05. The quantitative estimate of drug-likeness (QED) is 0.730. The van der Waals surface area contributed by atoms with Crippen molar-refractivity contribution in [3.05, 3.63) is 39.8 Å².